The van der Waals surface area contributed by atoms with Crippen molar-refractivity contribution >= 4 is 34.8 Å². The maximum atomic E-state index is 13.2. The third-order valence-corrected chi connectivity index (χ3v) is 10.1. The number of rotatable bonds is 9. The van der Waals surface area contributed by atoms with Crippen LogP contribution in [0.1, 0.15) is 117 Å². The van der Waals surface area contributed by atoms with Crippen molar-refractivity contribution in [2.45, 2.75) is 117 Å². The summed E-state index contributed by atoms with van der Waals surface area (Å²) in [5.41, 5.74) is 1.90. The van der Waals surface area contributed by atoms with Crippen molar-refractivity contribution in [3.63, 3.8) is 0 Å². The fourth-order valence-electron chi connectivity index (χ4n) is 7.08. The summed E-state index contributed by atoms with van der Waals surface area (Å²) in [6.45, 7) is 6.68. The van der Waals surface area contributed by atoms with Crippen LogP contribution in [0, 0.1) is 35.5 Å². The first-order valence-electron chi connectivity index (χ1n) is 16.0. The highest BCUT2D eigenvalue weighted by molar-refractivity contribution is 5.99. The van der Waals surface area contributed by atoms with E-state index in [1.165, 1.54) is 19.3 Å². The molecule has 3 aliphatic rings. The first kappa shape index (κ1) is 29.6. The Bertz CT molecular complexity index is 832. The van der Waals surface area contributed by atoms with Gasteiger partial charge in [-0.15, -0.1) is 0 Å². The average molecular weight is 538 g/mol. The van der Waals surface area contributed by atoms with E-state index in [2.05, 4.69) is 36.7 Å². The van der Waals surface area contributed by atoms with E-state index >= 15 is 0 Å². The summed E-state index contributed by atoms with van der Waals surface area (Å²) in [5, 5.41) is 9.35. The number of carbonyl (C=O) groups excluding carboxylic acids is 3. The lowest BCUT2D eigenvalue weighted by molar-refractivity contribution is -0.121. The number of anilines is 3. The molecule has 39 heavy (non-hydrogen) atoms. The normalized spacial score (nSPS) is 29.3. The summed E-state index contributed by atoms with van der Waals surface area (Å²) in [5.74, 6) is 2.38. The molecule has 0 aromatic heterocycles. The largest absolute Gasteiger partial charge is 0.326 e. The quantitative estimate of drug-likeness (QED) is 0.297. The number of benzene rings is 1. The fraction of sp³-hybridized carbons (Fsp3) is 0.727. The maximum absolute atomic E-state index is 13.2. The van der Waals surface area contributed by atoms with Gasteiger partial charge in [0.25, 0.3) is 0 Å². The Morgan fingerprint density at radius 2 is 0.718 bits per heavy atom. The van der Waals surface area contributed by atoms with E-state index < -0.39 is 0 Å². The molecule has 1 aromatic carbocycles. The number of hydrogen-bond donors (Lipinski definition) is 3. The number of nitrogens with one attached hydrogen (secondary N) is 3. The highest BCUT2D eigenvalue weighted by Crippen LogP contribution is 2.35. The second-order valence-corrected chi connectivity index (χ2v) is 12.6. The van der Waals surface area contributed by atoms with Crippen LogP contribution in [0.5, 0.6) is 0 Å². The van der Waals surface area contributed by atoms with Gasteiger partial charge in [-0.25, -0.2) is 0 Å². The molecule has 3 aliphatic carbocycles. The molecule has 0 aliphatic heterocycles. The van der Waals surface area contributed by atoms with Gasteiger partial charge in [-0.2, -0.15) is 0 Å². The minimum atomic E-state index is 0.0200. The molecule has 0 unspecified atom stereocenters. The van der Waals surface area contributed by atoms with Crippen molar-refractivity contribution in [3.05, 3.63) is 18.2 Å². The molecule has 6 nitrogen and oxygen atoms in total. The monoisotopic (exact) mass is 537 g/mol. The molecule has 0 heterocycles. The van der Waals surface area contributed by atoms with Crippen LogP contribution in [0.2, 0.25) is 0 Å². The third kappa shape index (κ3) is 8.31. The zero-order valence-corrected chi connectivity index (χ0v) is 24.5. The predicted molar refractivity (Wildman–Crippen MR) is 160 cm³/mol. The van der Waals surface area contributed by atoms with E-state index in [4.69, 9.17) is 0 Å². The van der Waals surface area contributed by atoms with E-state index in [-0.39, 0.29) is 35.5 Å². The van der Waals surface area contributed by atoms with Gasteiger partial charge in [-0.05, 0) is 113 Å². The van der Waals surface area contributed by atoms with Gasteiger partial charge in [0.05, 0.1) is 0 Å². The van der Waals surface area contributed by atoms with Crippen molar-refractivity contribution < 1.29 is 14.4 Å². The Morgan fingerprint density at radius 3 is 0.923 bits per heavy atom. The van der Waals surface area contributed by atoms with Gasteiger partial charge in [0.15, 0.2) is 0 Å². The lowest BCUT2D eigenvalue weighted by atomic mass is 9.80. The van der Waals surface area contributed by atoms with Crippen LogP contribution in [0.3, 0.4) is 0 Å². The predicted octanol–water partition coefficient (Wildman–Crippen LogP) is 8.15. The lowest BCUT2D eigenvalue weighted by Gasteiger charge is -2.28. The molecule has 3 saturated carbocycles. The summed E-state index contributed by atoms with van der Waals surface area (Å²) in [7, 11) is 0. The molecular weight excluding hydrogens is 486 g/mol. The maximum Gasteiger partial charge on any atom is 0.227 e. The zero-order valence-electron chi connectivity index (χ0n) is 24.5. The molecule has 3 N–H and O–H groups in total. The van der Waals surface area contributed by atoms with Crippen molar-refractivity contribution in [2.75, 3.05) is 16.0 Å². The van der Waals surface area contributed by atoms with Crippen molar-refractivity contribution in [2.24, 2.45) is 35.5 Å². The molecule has 1 aromatic rings. The summed E-state index contributed by atoms with van der Waals surface area (Å²) in [6.07, 6.45) is 15.7. The van der Waals surface area contributed by atoms with Crippen LogP contribution in [-0.4, -0.2) is 17.7 Å². The Kier molecular flexibility index (Phi) is 10.9. The first-order valence-corrected chi connectivity index (χ1v) is 16.0. The van der Waals surface area contributed by atoms with Crippen LogP contribution < -0.4 is 16.0 Å². The molecule has 3 amide bonds. The molecule has 0 bridgehead atoms. The Hall–Kier alpha value is -2.37. The number of amides is 3. The molecule has 4 rings (SSSR count). The van der Waals surface area contributed by atoms with Crippen LogP contribution in [0.25, 0.3) is 0 Å². The molecule has 6 heteroatoms. The van der Waals surface area contributed by atoms with E-state index in [0.717, 1.165) is 94.8 Å². The molecular formula is C33H51N3O3. The van der Waals surface area contributed by atoms with Gasteiger partial charge in [0.2, 0.25) is 17.7 Å². The van der Waals surface area contributed by atoms with Crippen molar-refractivity contribution in [3.8, 4) is 0 Å². The zero-order chi connectivity index (χ0) is 27.8. The highest BCUT2D eigenvalue weighted by Gasteiger charge is 2.28. The molecule has 0 saturated heterocycles. The smallest absolute Gasteiger partial charge is 0.227 e. The molecule has 0 atom stereocenters. The van der Waals surface area contributed by atoms with Crippen molar-refractivity contribution in [1.29, 1.82) is 0 Å². The lowest BCUT2D eigenvalue weighted by Crippen LogP contribution is -2.29. The third-order valence-electron chi connectivity index (χ3n) is 10.1. The van der Waals surface area contributed by atoms with Gasteiger partial charge in [-0.1, -0.05) is 40.0 Å². The fourth-order valence-corrected chi connectivity index (χ4v) is 7.08. The minimum absolute atomic E-state index is 0.0200. The minimum Gasteiger partial charge on any atom is -0.326 e. The molecule has 0 spiro atoms. The molecule has 216 valence electrons. The first-order chi connectivity index (χ1) is 18.9. The summed E-state index contributed by atoms with van der Waals surface area (Å²) in [4.78, 5) is 39.5. The second-order valence-electron chi connectivity index (χ2n) is 12.6. The highest BCUT2D eigenvalue weighted by atomic mass is 16.2. The van der Waals surface area contributed by atoms with Crippen LogP contribution in [0.4, 0.5) is 17.1 Å². The molecule has 0 radical (unpaired) electrons. The van der Waals surface area contributed by atoms with Crippen LogP contribution >= 0.6 is 0 Å². The summed E-state index contributed by atoms with van der Waals surface area (Å²) in [6, 6.07) is 5.52. The van der Waals surface area contributed by atoms with E-state index in [9.17, 15) is 14.4 Å². The summed E-state index contributed by atoms with van der Waals surface area (Å²) < 4.78 is 0. The van der Waals surface area contributed by atoms with Crippen molar-refractivity contribution in [1.82, 2.24) is 0 Å². The van der Waals surface area contributed by atoms with Crippen LogP contribution in [-0.2, 0) is 14.4 Å². The van der Waals surface area contributed by atoms with Gasteiger partial charge < -0.3 is 16.0 Å². The SMILES string of the molecule is CC[C@H]1CC[C@@H](C(=O)Nc2cc(NC(=O)[C@H]3CC[C@@H](CC)CC3)cc(NC(=O)[C@H]3CC[C@@H](CC)CC3)c2)CC1. The van der Waals surface area contributed by atoms with E-state index in [1.807, 2.05) is 18.2 Å². The summed E-state index contributed by atoms with van der Waals surface area (Å²) >= 11 is 0. The number of carbonyl (C=O) groups is 3. The van der Waals surface area contributed by atoms with E-state index in [1.54, 1.807) is 0 Å². The Labute approximate surface area is 235 Å². The second kappa shape index (κ2) is 14.3. The number of hydrogen-bond acceptors (Lipinski definition) is 3. The van der Waals surface area contributed by atoms with Gasteiger partial charge in [0, 0.05) is 34.8 Å². The Balaban J connectivity index is 1.45. The van der Waals surface area contributed by atoms with Gasteiger partial charge in [-0.3, -0.25) is 14.4 Å². The standard InChI is InChI=1S/C33H51N3O3/c1-4-22-7-13-25(14-8-22)31(37)34-28-19-29(35-32(38)26-15-9-23(5-2)10-16-26)21-30(20-28)36-33(39)27-17-11-24(6-3)12-18-27/h19-27H,4-18H2,1-3H3,(H,34,37)(H,35,38)(H,36,39)/t22-,23-,24-,25+,26+,27+. The Morgan fingerprint density at radius 1 is 0.487 bits per heavy atom. The molecule has 3 fully saturated rings. The van der Waals surface area contributed by atoms with E-state index in [0.29, 0.717) is 17.1 Å². The van der Waals surface area contributed by atoms with Gasteiger partial charge >= 0.3 is 0 Å². The van der Waals surface area contributed by atoms with Crippen LogP contribution in [0.15, 0.2) is 18.2 Å². The van der Waals surface area contributed by atoms with Gasteiger partial charge in [0.1, 0.15) is 0 Å². The topological polar surface area (TPSA) is 87.3 Å². The average Bonchev–Trinajstić information content (AvgIpc) is 2.97.